The monoisotopic (exact) mass is 280 g/mol. The maximum absolute atomic E-state index is 11.7. The Bertz CT molecular complexity index is 393. The van der Waals surface area contributed by atoms with E-state index in [1.807, 2.05) is 38.1 Å². The van der Waals surface area contributed by atoms with Crippen LogP contribution in [0.2, 0.25) is 0 Å². The van der Waals surface area contributed by atoms with Gasteiger partial charge in [0.15, 0.2) is 0 Å². The highest BCUT2D eigenvalue weighted by atomic mass is 16.5. The van der Waals surface area contributed by atoms with E-state index in [0.717, 1.165) is 17.7 Å². The fraction of sp³-hybridized carbons (Fsp3) is 0.533. The molecule has 0 heterocycles. The topological polar surface area (TPSA) is 70.6 Å². The number of hydrogen-bond donors (Lipinski definition) is 3. The normalized spacial score (nSPS) is 11.9. The summed E-state index contributed by atoms with van der Waals surface area (Å²) in [6.07, 6.45) is 1.45. The molecule has 0 radical (unpaired) electrons. The number of aliphatic hydroxyl groups is 1. The van der Waals surface area contributed by atoms with Crippen molar-refractivity contribution >= 4 is 11.7 Å². The van der Waals surface area contributed by atoms with Crippen molar-refractivity contribution in [3.05, 3.63) is 29.8 Å². The predicted octanol–water partition coefficient (Wildman–Crippen LogP) is 2.51. The molecule has 1 aromatic carbocycles. The number of rotatable bonds is 8. The van der Waals surface area contributed by atoms with Gasteiger partial charge in [-0.3, -0.25) is 0 Å². The van der Waals surface area contributed by atoms with Crippen molar-refractivity contribution in [1.82, 2.24) is 5.32 Å². The van der Waals surface area contributed by atoms with Crippen molar-refractivity contribution in [3.63, 3.8) is 0 Å². The predicted molar refractivity (Wildman–Crippen MR) is 79.7 cm³/mol. The van der Waals surface area contributed by atoms with Gasteiger partial charge in [0.05, 0.1) is 6.61 Å². The number of ether oxygens (including phenoxy) is 1. The van der Waals surface area contributed by atoms with Gasteiger partial charge in [0.2, 0.25) is 0 Å². The SMILES string of the molecule is CCOCc1ccc(NC(=O)NC(C)CCCO)cc1. The Balaban J connectivity index is 2.37. The van der Waals surface area contributed by atoms with Crippen molar-refractivity contribution in [2.75, 3.05) is 18.5 Å². The van der Waals surface area contributed by atoms with E-state index in [1.165, 1.54) is 0 Å². The van der Waals surface area contributed by atoms with Crippen molar-refractivity contribution in [2.45, 2.75) is 39.3 Å². The first-order chi connectivity index (χ1) is 9.65. The maximum Gasteiger partial charge on any atom is 0.319 e. The van der Waals surface area contributed by atoms with Crippen molar-refractivity contribution in [1.29, 1.82) is 0 Å². The number of hydrogen-bond acceptors (Lipinski definition) is 3. The number of benzene rings is 1. The molecule has 0 bridgehead atoms. The average Bonchev–Trinajstić information content (AvgIpc) is 2.44. The lowest BCUT2D eigenvalue weighted by molar-refractivity contribution is 0.134. The maximum atomic E-state index is 11.7. The van der Waals surface area contributed by atoms with Crippen LogP contribution in [0.4, 0.5) is 10.5 Å². The summed E-state index contributed by atoms with van der Waals surface area (Å²) in [6.45, 7) is 5.29. The van der Waals surface area contributed by atoms with Gasteiger partial charge in [0.1, 0.15) is 0 Å². The molecule has 3 N–H and O–H groups in total. The minimum atomic E-state index is -0.229. The molecule has 0 fully saturated rings. The van der Waals surface area contributed by atoms with Crippen LogP contribution in [0.3, 0.4) is 0 Å². The molecule has 0 saturated carbocycles. The van der Waals surface area contributed by atoms with Crippen LogP contribution < -0.4 is 10.6 Å². The smallest absolute Gasteiger partial charge is 0.319 e. The molecule has 0 aliphatic heterocycles. The second kappa shape index (κ2) is 9.34. The van der Waals surface area contributed by atoms with Crippen molar-refractivity contribution in [2.24, 2.45) is 0 Å². The van der Waals surface area contributed by atoms with Crippen molar-refractivity contribution in [3.8, 4) is 0 Å². The Morgan fingerprint density at radius 3 is 2.65 bits per heavy atom. The third kappa shape index (κ3) is 6.54. The minimum Gasteiger partial charge on any atom is -0.396 e. The molecule has 5 heteroatoms. The molecule has 1 aromatic rings. The molecule has 1 rings (SSSR count). The van der Waals surface area contributed by atoms with E-state index in [1.54, 1.807) is 0 Å². The Morgan fingerprint density at radius 2 is 2.05 bits per heavy atom. The molecule has 0 aliphatic rings. The summed E-state index contributed by atoms with van der Waals surface area (Å²) < 4.78 is 5.31. The fourth-order valence-corrected chi connectivity index (χ4v) is 1.76. The standard InChI is InChI=1S/C15H24N2O3/c1-3-20-11-13-6-8-14(9-7-13)17-15(19)16-12(2)5-4-10-18/h6-9,12,18H,3-5,10-11H2,1-2H3,(H2,16,17,19). The molecule has 20 heavy (non-hydrogen) atoms. The quantitative estimate of drug-likeness (QED) is 0.685. The lowest BCUT2D eigenvalue weighted by Gasteiger charge is -2.14. The van der Waals surface area contributed by atoms with E-state index in [4.69, 9.17) is 9.84 Å². The number of aliphatic hydroxyl groups excluding tert-OH is 1. The molecule has 112 valence electrons. The highest BCUT2D eigenvalue weighted by Gasteiger charge is 2.06. The summed E-state index contributed by atoms with van der Waals surface area (Å²) in [5.41, 5.74) is 1.83. The Hall–Kier alpha value is -1.59. The molecular formula is C15H24N2O3. The Kier molecular flexibility index (Phi) is 7.69. The number of carbonyl (C=O) groups excluding carboxylic acids is 1. The largest absolute Gasteiger partial charge is 0.396 e. The van der Waals surface area contributed by atoms with Crippen LogP contribution in [0.25, 0.3) is 0 Å². The van der Waals surface area contributed by atoms with Gasteiger partial charge in [-0.05, 0) is 44.4 Å². The second-order valence-electron chi connectivity index (χ2n) is 4.70. The first-order valence-electron chi connectivity index (χ1n) is 7.00. The molecule has 2 amide bonds. The first-order valence-corrected chi connectivity index (χ1v) is 7.00. The van der Waals surface area contributed by atoms with Gasteiger partial charge in [-0.25, -0.2) is 4.79 Å². The molecule has 0 spiro atoms. The summed E-state index contributed by atoms with van der Waals surface area (Å²) in [4.78, 5) is 11.7. The zero-order chi connectivity index (χ0) is 14.8. The highest BCUT2D eigenvalue weighted by Crippen LogP contribution is 2.10. The first kappa shape index (κ1) is 16.5. The lowest BCUT2D eigenvalue weighted by Crippen LogP contribution is -2.36. The van der Waals surface area contributed by atoms with Crippen LogP contribution >= 0.6 is 0 Å². The summed E-state index contributed by atoms with van der Waals surface area (Å²) in [5, 5.41) is 14.3. The summed E-state index contributed by atoms with van der Waals surface area (Å²) in [7, 11) is 0. The zero-order valence-electron chi connectivity index (χ0n) is 12.2. The van der Waals surface area contributed by atoms with E-state index in [9.17, 15) is 4.79 Å². The number of amides is 2. The van der Waals surface area contributed by atoms with Gasteiger partial charge in [-0.1, -0.05) is 12.1 Å². The molecule has 1 unspecified atom stereocenters. The zero-order valence-corrected chi connectivity index (χ0v) is 12.2. The van der Waals surface area contributed by atoms with E-state index in [-0.39, 0.29) is 18.7 Å². The van der Waals surface area contributed by atoms with Gasteiger partial charge < -0.3 is 20.5 Å². The highest BCUT2D eigenvalue weighted by molar-refractivity contribution is 5.89. The molecule has 0 saturated heterocycles. The van der Waals surface area contributed by atoms with Gasteiger partial charge in [-0.15, -0.1) is 0 Å². The Labute approximate surface area is 120 Å². The van der Waals surface area contributed by atoms with E-state index in [0.29, 0.717) is 19.6 Å². The fourth-order valence-electron chi connectivity index (χ4n) is 1.76. The molecule has 1 atom stereocenters. The van der Waals surface area contributed by atoms with E-state index >= 15 is 0 Å². The van der Waals surface area contributed by atoms with E-state index in [2.05, 4.69) is 10.6 Å². The van der Waals surface area contributed by atoms with Crippen molar-refractivity contribution < 1.29 is 14.6 Å². The minimum absolute atomic E-state index is 0.0411. The van der Waals surface area contributed by atoms with Gasteiger partial charge in [-0.2, -0.15) is 0 Å². The summed E-state index contributed by atoms with van der Waals surface area (Å²) >= 11 is 0. The van der Waals surface area contributed by atoms with E-state index < -0.39 is 0 Å². The van der Waals surface area contributed by atoms with Crippen LogP contribution in [0.15, 0.2) is 24.3 Å². The second-order valence-corrected chi connectivity index (χ2v) is 4.70. The van der Waals surface area contributed by atoms with Gasteiger partial charge in [0.25, 0.3) is 0 Å². The van der Waals surface area contributed by atoms with Gasteiger partial charge >= 0.3 is 6.03 Å². The number of nitrogens with one attached hydrogen (secondary N) is 2. The number of urea groups is 1. The van der Waals surface area contributed by atoms with Gasteiger partial charge in [0, 0.05) is 24.9 Å². The number of carbonyl (C=O) groups is 1. The molecule has 0 aromatic heterocycles. The third-order valence-corrected chi connectivity index (χ3v) is 2.86. The van der Waals surface area contributed by atoms with Crippen LogP contribution in [-0.4, -0.2) is 30.4 Å². The third-order valence-electron chi connectivity index (χ3n) is 2.86. The summed E-state index contributed by atoms with van der Waals surface area (Å²) in [5.74, 6) is 0. The molecule has 0 aliphatic carbocycles. The average molecular weight is 280 g/mol. The van der Waals surface area contributed by atoms with Crippen LogP contribution in [0, 0.1) is 0 Å². The lowest BCUT2D eigenvalue weighted by atomic mass is 10.2. The molecule has 5 nitrogen and oxygen atoms in total. The molecular weight excluding hydrogens is 256 g/mol. The summed E-state index contributed by atoms with van der Waals surface area (Å²) in [6, 6.07) is 7.38. The Morgan fingerprint density at radius 1 is 1.35 bits per heavy atom. The number of anilines is 1. The van der Waals surface area contributed by atoms with Crippen LogP contribution in [0.5, 0.6) is 0 Å². The van der Waals surface area contributed by atoms with Crippen LogP contribution in [-0.2, 0) is 11.3 Å². The van der Waals surface area contributed by atoms with Crippen LogP contribution in [0.1, 0.15) is 32.3 Å².